The van der Waals surface area contributed by atoms with Crippen molar-refractivity contribution in [2.75, 3.05) is 0 Å². The van der Waals surface area contributed by atoms with E-state index in [9.17, 15) is 4.79 Å². The zero-order valence-electron chi connectivity index (χ0n) is 9.46. The minimum absolute atomic E-state index is 0.333. The Kier molecular flexibility index (Phi) is 4.03. The maximum absolute atomic E-state index is 10.9. The molecule has 0 saturated carbocycles. The summed E-state index contributed by atoms with van der Waals surface area (Å²) in [5, 5.41) is 7.72. The zero-order valence-corrected chi connectivity index (χ0v) is 11.9. The van der Waals surface area contributed by atoms with Crippen molar-refractivity contribution >= 4 is 33.6 Å². The van der Waals surface area contributed by atoms with Crippen molar-refractivity contribution in [3.05, 3.63) is 28.7 Å². The average molecular weight is 328 g/mol. The third kappa shape index (κ3) is 3.11. The number of thioether (sulfide) groups is 1. The van der Waals surface area contributed by atoms with Crippen molar-refractivity contribution < 1.29 is 9.21 Å². The first-order chi connectivity index (χ1) is 8.56. The number of primary amides is 1. The minimum atomic E-state index is -0.414. The molecule has 7 heteroatoms. The van der Waals surface area contributed by atoms with E-state index >= 15 is 0 Å². The first-order valence-corrected chi connectivity index (χ1v) is 6.79. The van der Waals surface area contributed by atoms with Crippen LogP contribution in [0.2, 0.25) is 0 Å². The SMILES string of the molecule is C[C@@H](Sc1nnc(-c2ccc(Br)cc2)o1)C(N)=O. The van der Waals surface area contributed by atoms with Crippen molar-refractivity contribution in [2.24, 2.45) is 5.73 Å². The lowest BCUT2D eigenvalue weighted by Gasteiger charge is -2.00. The molecule has 2 aromatic rings. The summed E-state index contributed by atoms with van der Waals surface area (Å²) >= 11 is 4.50. The normalized spacial score (nSPS) is 12.3. The fourth-order valence-corrected chi connectivity index (χ4v) is 2.07. The average Bonchev–Trinajstić information content (AvgIpc) is 2.78. The summed E-state index contributed by atoms with van der Waals surface area (Å²) in [5.74, 6) is 0.00469. The molecule has 2 rings (SSSR count). The first kappa shape index (κ1) is 13.1. The van der Waals surface area contributed by atoms with Gasteiger partial charge < -0.3 is 10.2 Å². The summed E-state index contributed by atoms with van der Waals surface area (Å²) in [7, 11) is 0. The highest BCUT2D eigenvalue weighted by atomic mass is 79.9. The van der Waals surface area contributed by atoms with Crippen LogP contribution in [0.4, 0.5) is 0 Å². The first-order valence-electron chi connectivity index (χ1n) is 5.11. The molecule has 0 saturated heterocycles. The second kappa shape index (κ2) is 5.53. The fraction of sp³-hybridized carbons (Fsp3) is 0.182. The van der Waals surface area contributed by atoms with Crippen LogP contribution in [-0.4, -0.2) is 21.4 Å². The number of nitrogens with zero attached hydrogens (tertiary/aromatic N) is 2. The summed E-state index contributed by atoms with van der Waals surface area (Å²) in [6, 6.07) is 7.50. The van der Waals surface area contributed by atoms with Crippen LogP contribution >= 0.6 is 27.7 Å². The number of aromatic nitrogens is 2. The third-order valence-electron chi connectivity index (χ3n) is 2.18. The lowest BCUT2D eigenvalue weighted by atomic mass is 10.2. The number of carbonyl (C=O) groups excluding carboxylic acids is 1. The molecule has 1 aromatic heterocycles. The molecule has 1 heterocycles. The van der Waals surface area contributed by atoms with Gasteiger partial charge in [0.15, 0.2) is 0 Å². The quantitative estimate of drug-likeness (QED) is 0.872. The van der Waals surface area contributed by atoms with Crippen LogP contribution in [0.1, 0.15) is 6.92 Å². The predicted molar refractivity (Wildman–Crippen MR) is 71.9 cm³/mol. The van der Waals surface area contributed by atoms with E-state index in [1.807, 2.05) is 24.3 Å². The number of hydrogen-bond donors (Lipinski definition) is 1. The second-order valence-corrected chi connectivity index (χ2v) is 5.75. The number of halogens is 1. The topological polar surface area (TPSA) is 82.0 Å². The van der Waals surface area contributed by atoms with E-state index in [0.717, 1.165) is 21.8 Å². The Morgan fingerprint density at radius 2 is 2.06 bits per heavy atom. The molecule has 1 amide bonds. The van der Waals surface area contributed by atoms with Crippen molar-refractivity contribution in [2.45, 2.75) is 17.4 Å². The van der Waals surface area contributed by atoms with Gasteiger partial charge in [-0.05, 0) is 31.2 Å². The molecular formula is C11H10BrN3O2S. The number of carbonyl (C=O) groups is 1. The molecule has 0 aliphatic rings. The Bertz CT molecular complexity index is 556. The van der Waals surface area contributed by atoms with Crippen LogP contribution in [0.3, 0.4) is 0 Å². The molecule has 0 bridgehead atoms. The van der Waals surface area contributed by atoms with Gasteiger partial charge in [-0.2, -0.15) is 0 Å². The van der Waals surface area contributed by atoms with Gasteiger partial charge in [0.1, 0.15) is 0 Å². The molecule has 94 valence electrons. The van der Waals surface area contributed by atoms with E-state index in [0.29, 0.717) is 11.1 Å². The van der Waals surface area contributed by atoms with Crippen molar-refractivity contribution in [3.8, 4) is 11.5 Å². The van der Waals surface area contributed by atoms with Crippen LogP contribution < -0.4 is 5.73 Å². The summed E-state index contributed by atoms with van der Waals surface area (Å²) in [5.41, 5.74) is 5.99. The Hall–Kier alpha value is -1.34. The molecule has 0 spiro atoms. The van der Waals surface area contributed by atoms with Gasteiger partial charge in [-0.1, -0.05) is 27.7 Å². The molecule has 0 radical (unpaired) electrons. The van der Waals surface area contributed by atoms with E-state index in [1.165, 1.54) is 0 Å². The molecule has 0 aliphatic heterocycles. The number of benzene rings is 1. The molecule has 0 unspecified atom stereocenters. The van der Waals surface area contributed by atoms with Gasteiger partial charge in [0.05, 0.1) is 5.25 Å². The van der Waals surface area contributed by atoms with Crippen molar-refractivity contribution in [1.29, 1.82) is 0 Å². The number of amides is 1. The van der Waals surface area contributed by atoms with E-state index in [2.05, 4.69) is 26.1 Å². The number of nitrogens with two attached hydrogens (primary N) is 1. The Labute approximate surface area is 116 Å². The van der Waals surface area contributed by atoms with Gasteiger partial charge >= 0.3 is 0 Å². The summed E-state index contributed by atoms with van der Waals surface area (Å²) in [6.45, 7) is 1.69. The van der Waals surface area contributed by atoms with Crippen LogP contribution in [0.15, 0.2) is 38.4 Å². The molecule has 1 aromatic carbocycles. The monoisotopic (exact) mass is 327 g/mol. The standard InChI is InChI=1S/C11H10BrN3O2S/c1-6(9(13)16)18-11-15-14-10(17-11)7-2-4-8(12)5-3-7/h2-6H,1H3,(H2,13,16)/t6-/m1/s1. The van der Waals surface area contributed by atoms with Gasteiger partial charge in [-0.15, -0.1) is 10.2 Å². The van der Waals surface area contributed by atoms with E-state index in [4.69, 9.17) is 10.2 Å². The Balaban J connectivity index is 2.15. The Morgan fingerprint density at radius 3 is 2.67 bits per heavy atom. The van der Waals surface area contributed by atoms with Crippen molar-refractivity contribution in [3.63, 3.8) is 0 Å². The van der Waals surface area contributed by atoms with Crippen LogP contribution in [-0.2, 0) is 4.79 Å². The molecule has 1 atom stereocenters. The third-order valence-corrected chi connectivity index (χ3v) is 3.66. The van der Waals surface area contributed by atoms with Gasteiger partial charge in [-0.25, -0.2) is 0 Å². The van der Waals surface area contributed by atoms with E-state index in [-0.39, 0.29) is 0 Å². The maximum Gasteiger partial charge on any atom is 0.277 e. The lowest BCUT2D eigenvalue weighted by molar-refractivity contribution is -0.117. The maximum atomic E-state index is 10.9. The highest BCUT2D eigenvalue weighted by Crippen LogP contribution is 2.26. The van der Waals surface area contributed by atoms with Gasteiger partial charge in [0.2, 0.25) is 11.8 Å². The molecule has 0 aliphatic carbocycles. The van der Waals surface area contributed by atoms with Crippen LogP contribution in [0.5, 0.6) is 0 Å². The van der Waals surface area contributed by atoms with Crippen molar-refractivity contribution in [1.82, 2.24) is 10.2 Å². The minimum Gasteiger partial charge on any atom is -0.411 e. The summed E-state index contributed by atoms with van der Waals surface area (Å²) in [6.07, 6.45) is 0. The predicted octanol–water partition coefficient (Wildman–Crippen LogP) is 2.47. The largest absolute Gasteiger partial charge is 0.411 e. The Morgan fingerprint density at radius 1 is 1.39 bits per heavy atom. The zero-order chi connectivity index (χ0) is 13.1. The summed E-state index contributed by atoms with van der Waals surface area (Å²) in [4.78, 5) is 10.9. The highest BCUT2D eigenvalue weighted by molar-refractivity contribution is 9.10. The van der Waals surface area contributed by atoms with Crippen LogP contribution in [0, 0.1) is 0 Å². The van der Waals surface area contributed by atoms with Gasteiger partial charge in [-0.3, -0.25) is 4.79 Å². The second-order valence-electron chi connectivity index (χ2n) is 3.54. The number of hydrogen-bond acceptors (Lipinski definition) is 5. The fourth-order valence-electron chi connectivity index (χ4n) is 1.18. The molecular weight excluding hydrogens is 318 g/mol. The molecule has 2 N–H and O–H groups in total. The molecule has 0 fully saturated rings. The molecule has 5 nitrogen and oxygen atoms in total. The van der Waals surface area contributed by atoms with Gasteiger partial charge in [0, 0.05) is 10.0 Å². The summed E-state index contributed by atoms with van der Waals surface area (Å²) < 4.78 is 6.42. The molecule has 18 heavy (non-hydrogen) atoms. The van der Waals surface area contributed by atoms with Crippen LogP contribution in [0.25, 0.3) is 11.5 Å². The van der Waals surface area contributed by atoms with E-state index < -0.39 is 11.2 Å². The van der Waals surface area contributed by atoms with E-state index in [1.54, 1.807) is 6.92 Å². The smallest absolute Gasteiger partial charge is 0.277 e. The van der Waals surface area contributed by atoms with Gasteiger partial charge in [0.25, 0.3) is 5.22 Å². The highest BCUT2D eigenvalue weighted by Gasteiger charge is 2.16. The lowest BCUT2D eigenvalue weighted by Crippen LogP contribution is -2.22. The number of rotatable bonds is 4.